The van der Waals surface area contributed by atoms with Crippen molar-refractivity contribution >= 4 is 13.8 Å². The molecule has 1 fully saturated rings. The molecule has 1 rings (SSSR count). The summed E-state index contributed by atoms with van der Waals surface area (Å²) in [6.07, 6.45) is 38.9. The summed E-state index contributed by atoms with van der Waals surface area (Å²) < 4.78 is 34.3. The topological polar surface area (TPSA) is 192 Å². The number of phosphoric acid groups is 1. The Labute approximate surface area is 388 Å². The van der Waals surface area contributed by atoms with Gasteiger partial charge in [0.2, 0.25) is 0 Å². The van der Waals surface area contributed by atoms with E-state index in [0.717, 1.165) is 77.0 Å². The molecule has 0 bridgehead atoms. The Hall–Kier alpha value is -1.70. The Morgan fingerprint density at radius 1 is 0.516 bits per heavy atom. The molecule has 6 atom stereocenters. The van der Waals surface area contributed by atoms with Gasteiger partial charge >= 0.3 is 13.8 Å². The Morgan fingerprint density at radius 2 is 0.922 bits per heavy atom. The van der Waals surface area contributed by atoms with E-state index in [2.05, 4.69) is 62.5 Å². The van der Waals surface area contributed by atoms with Crippen molar-refractivity contribution in [2.45, 2.75) is 249 Å². The molecule has 0 aliphatic heterocycles. The minimum Gasteiger partial charge on any atom is -0.457 e. The summed E-state index contributed by atoms with van der Waals surface area (Å²) >= 11 is 0. The van der Waals surface area contributed by atoms with Crippen molar-refractivity contribution in [1.82, 2.24) is 0 Å². The quantitative estimate of drug-likeness (QED) is 0.0147. The summed E-state index contributed by atoms with van der Waals surface area (Å²) in [5.41, 5.74) is 0. The third-order valence-corrected chi connectivity index (χ3v) is 12.7. The van der Waals surface area contributed by atoms with Gasteiger partial charge in [0.1, 0.15) is 42.7 Å². The minimum absolute atomic E-state index is 0.0796. The zero-order valence-corrected chi connectivity index (χ0v) is 41.0. The van der Waals surface area contributed by atoms with E-state index in [1.54, 1.807) is 0 Å². The molecule has 0 spiro atoms. The predicted molar refractivity (Wildman–Crippen MR) is 258 cm³/mol. The Balaban J connectivity index is 2.33. The number of rotatable bonds is 43. The summed E-state index contributed by atoms with van der Waals surface area (Å²) in [5.74, 6) is -0.478. The van der Waals surface area contributed by atoms with Crippen LogP contribution < -0.4 is 0 Å². The van der Waals surface area contributed by atoms with Crippen LogP contribution in [0.25, 0.3) is 0 Å². The van der Waals surface area contributed by atoms with Gasteiger partial charge in [0, 0.05) is 13.0 Å². The Morgan fingerprint density at radius 3 is 1.41 bits per heavy atom. The van der Waals surface area contributed by atoms with Gasteiger partial charge in [-0.2, -0.15) is 0 Å². The summed E-state index contributed by atoms with van der Waals surface area (Å²) in [5, 5.41) is 50.3. The van der Waals surface area contributed by atoms with Crippen molar-refractivity contribution in [3.8, 4) is 0 Å². The second-order valence-corrected chi connectivity index (χ2v) is 19.1. The first kappa shape index (κ1) is 60.3. The zero-order chi connectivity index (χ0) is 46.9. The molecule has 0 heterocycles. The molecule has 0 amide bonds. The minimum atomic E-state index is -5.02. The normalized spacial score (nSPS) is 22.1. The lowest BCUT2D eigenvalue weighted by atomic mass is 9.85. The molecule has 1 aliphatic carbocycles. The van der Waals surface area contributed by atoms with E-state index in [1.165, 1.54) is 103 Å². The average Bonchev–Trinajstić information content (AvgIpc) is 3.28. The molecule has 0 saturated heterocycles. The second-order valence-electron chi connectivity index (χ2n) is 17.6. The summed E-state index contributed by atoms with van der Waals surface area (Å²) in [6.45, 7) is 4.15. The molecule has 0 aromatic rings. The molecule has 374 valence electrons. The van der Waals surface area contributed by atoms with Crippen LogP contribution in [0.1, 0.15) is 206 Å². The first-order chi connectivity index (χ1) is 31.0. The number of aliphatic hydroxyl groups is 5. The summed E-state index contributed by atoms with van der Waals surface area (Å²) in [6, 6.07) is 0. The van der Waals surface area contributed by atoms with Crippen LogP contribution in [-0.2, 0) is 27.9 Å². The van der Waals surface area contributed by atoms with Gasteiger partial charge in [0.15, 0.2) is 0 Å². The fourth-order valence-corrected chi connectivity index (χ4v) is 8.67. The lowest BCUT2D eigenvalue weighted by molar-refractivity contribution is -0.220. The van der Waals surface area contributed by atoms with Crippen molar-refractivity contribution in [3.05, 3.63) is 48.6 Å². The first-order valence-corrected chi connectivity index (χ1v) is 27.0. The Kier molecular flexibility index (Phi) is 39.1. The lowest BCUT2D eigenvalue weighted by Crippen LogP contribution is -2.64. The van der Waals surface area contributed by atoms with Crippen LogP contribution in [0, 0.1) is 0 Å². The third kappa shape index (κ3) is 32.9. The van der Waals surface area contributed by atoms with Gasteiger partial charge in [-0.1, -0.05) is 197 Å². The maximum Gasteiger partial charge on any atom is 0.472 e. The van der Waals surface area contributed by atoms with Crippen LogP contribution in [0.4, 0.5) is 0 Å². The fraction of sp³-hybridized carbons (Fsp3) is 0.824. The van der Waals surface area contributed by atoms with Gasteiger partial charge in [0.25, 0.3) is 0 Å². The van der Waals surface area contributed by atoms with Crippen LogP contribution in [0.3, 0.4) is 0 Å². The van der Waals surface area contributed by atoms with Crippen molar-refractivity contribution < 1.29 is 58.3 Å². The molecule has 12 nitrogen and oxygen atoms in total. The highest BCUT2D eigenvalue weighted by atomic mass is 31.2. The first-order valence-electron chi connectivity index (χ1n) is 25.5. The van der Waals surface area contributed by atoms with Crippen molar-refractivity contribution in [1.29, 1.82) is 0 Å². The van der Waals surface area contributed by atoms with E-state index in [4.69, 9.17) is 18.5 Å². The van der Waals surface area contributed by atoms with Gasteiger partial charge in [0.05, 0.1) is 13.2 Å². The SMILES string of the molecule is CC/C=C\C/C=C\C/C=C\C/C=C\CCCCCCCCCCCOCC(COP(=O)(O)OC1C(O)C(O)C(O)C(O)C1O)OC(=O)CCCCCCCCCCCCCCCCC. The molecule has 0 radical (unpaired) electrons. The molecule has 0 aromatic heterocycles. The largest absolute Gasteiger partial charge is 0.472 e. The zero-order valence-electron chi connectivity index (χ0n) is 40.1. The number of ether oxygens (including phenoxy) is 2. The average molecular weight is 929 g/mol. The smallest absolute Gasteiger partial charge is 0.457 e. The monoisotopic (exact) mass is 929 g/mol. The number of esters is 1. The van der Waals surface area contributed by atoms with E-state index in [1.807, 2.05) is 0 Å². The van der Waals surface area contributed by atoms with Crippen LogP contribution in [0.15, 0.2) is 48.6 Å². The standard InChI is InChI=1S/C51H93O12P/c1-3-5-7-9-11-13-15-17-19-20-21-22-23-24-25-27-29-31-33-35-37-39-41-60-42-44(43-61-64(58,59)63-51-49(56)47(54)46(53)48(55)50(51)57)62-45(52)40-38-36-34-32-30-28-26-18-16-14-12-10-8-6-4-2/h5,7,11,13,17,19,21-22,44,46-51,53-57H,3-4,6,8-10,12,14-16,18,20,23-43H2,1-2H3,(H,58,59)/b7-5-,13-11-,19-17-,22-21-. The number of unbranched alkanes of at least 4 members (excludes halogenated alkanes) is 23. The van der Waals surface area contributed by atoms with E-state index in [9.17, 15) is 39.8 Å². The number of carbonyl (C=O) groups excluding carboxylic acids is 1. The number of aliphatic hydroxyl groups excluding tert-OH is 5. The molecule has 1 saturated carbocycles. The molecular weight excluding hydrogens is 836 g/mol. The van der Waals surface area contributed by atoms with Gasteiger partial charge < -0.3 is 39.9 Å². The molecule has 13 heteroatoms. The van der Waals surface area contributed by atoms with E-state index >= 15 is 0 Å². The van der Waals surface area contributed by atoms with E-state index < -0.39 is 63.1 Å². The maximum absolute atomic E-state index is 12.8. The predicted octanol–water partition coefficient (Wildman–Crippen LogP) is 11.2. The highest BCUT2D eigenvalue weighted by Gasteiger charge is 2.51. The number of hydrogen-bond donors (Lipinski definition) is 6. The van der Waals surface area contributed by atoms with Crippen LogP contribution in [0.2, 0.25) is 0 Å². The highest BCUT2D eigenvalue weighted by molar-refractivity contribution is 7.47. The Bertz CT molecular complexity index is 1240. The second kappa shape index (κ2) is 41.5. The maximum atomic E-state index is 12.8. The van der Waals surface area contributed by atoms with Gasteiger partial charge in [-0.3, -0.25) is 13.8 Å². The van der Waals surface area contributed by atoms with E-state index in [0.29, 0.717) is 13.0 Å². The van der Waals surface area contributed by atoms with Crippen molar-refractivity contribution in [3.63, 3.8) is 0 Å². The van der Waals surface area contributed by atoms with Crippen molar-refractivity contribution in [2.24, 2.45) is 0 Å². The van der Waals surface area contributed by atoms with Gasteiger partial charge in [-0.15, -0.1) is 0 Å². The van der Waals surface area contributed by atoms with Gasteiger partial charge in [-0.05, 0) is 51.4 Å². The number of hydrogen-bond acceptors (Lipinski definition) is 11. The summed E-state index contributed by atoms with van der Waals surface area (Å²) in [7, 11) is -5.02. The van der Waals surface area contributed by atoms with E-state index in [-0.39, 0.29) is 13.0 Å². The molecule has 6 N–H and O–H groups in total. The lowest BCUT2D eigenvalue weighted by Gasteiger charge is -2.41. The molecule has 6 unspecified atom stereocenters. The van der Waals surface area contributed by atoms with Crippen LogP contribution in [-0.4, -0.2) is 98.9 Å². The molecule has 0 aromatic carbocycles. The molecule has 1 aliphatic rings. The third-order valence-electron chi connectivity index (χ3n) is 11.7. The fourth-order valence-electron chi connectivity index (χ4n) is 7.70. The highest BCUT2D eigenvalue weighted by Crippen LogP contribution is 2.47. The molecule has 64 heavy (non-hydrogen) atoms. The summed E-state index contributed by atoms with van der Waals surface area (Å²) in [4.78, 5) is 23.2. The number of phosphoric ester groups is 1. The van der Waals surface area contributed by atoms with Crippen LogP contribution >= 0.6 is 7.82 Å². The van der Waals surface area contributed by atoms with Crippen molar-refractivity contribution in [2.75, 3.05) is 19.8 Å². The number of allylic oxidation sites excluding steroid dienone is 8. The molecular formula is C51H93O12P. The van der Waals surface area contributed by atoms with Gasteiger partial charge in [-0.25, -0.2) is 4.57 Å². The van der Waals surface area contributed by atoms with Crippen LogP contribution in [0.5, 0.6) is 0 Å². The number of carbonyl (C=O) groups is 1.